The molecule has 0 aliphatic heterocycles. The summed E-state index contributed by atoms with van der Waals surface area (Å²) in [4.78, 5) is 0. The molecule has 0 aromatic heterocycles. The second kappa shape index (κ2) is 6.39. The second-order valence-corrected chi connectivity index (χ2v) is 4.56. The average Bonchev–Trinajstić information content (AvgIpc) is 2.21. The van der Waals surface area contributed by atoms with Crippen molar-refractivity contribution in [2.75, 3.05) is 0 Å². The quantitative estimate of drug-likeness (QED) is 0.554. The van der Waals surface area contributed by atoms with Crippen molar-refractivity contribution in [3.05, 3.63) is 35.9 Å². The number of benzene rings is 1. The molecule has 1 aromatic carbocycles. The van der Waals surface area contributed by atoms with E-state index in [4.69, 9.17) is 0 Å². The van der Waals surface area contributed by atoms with E-state index in [1.807, 2.05) is 0 Å². The van der Waals surface area contributed by atoms with Gasteiger partial charge in [-0.1, -0.05) is 60.9 Å². The minimum Gasteiger partial charge on any atom is -0.111 e. The largest absolute Gasteiger partial charge is 0.111 e. The Bertz CT molecular complexity index is 221. The molecule has 1 unspecified atom stereocenters. The average molecular weight is 212 g/mol. The van der Waals surface area contributed by atoms with Gasteiger partial charge in [0, 0.05) is 5.25 Å². The van der Waals surface area contributed by atoms with Gasteiger partial charge in [-0.05, 0) is 12.0 Å². The van der Waals surface area contributed by atoms with Gasteiger partial charge in [-0.3, -0.25) is 0 Å². The molecule has 0 N–H and O–H groups in total. The van der Waals surface area contributed by atoms with E-state index in [0.29, 0.717) is 5.25 Å². The van der Waals surface area contributed by atoms with Crippen molar-refractivity contribution in [2.24, 2.45) is 0 Å². The maximum absolute atomic E-state index is 4.32. The van der Waals surface area contributed by atoms with Crippen LogP contribution in [-0.2, 0) is 0 Å². The zero-order valence-electron chi connectivity index (χ0n) is 7.94. The molecule has 0 fully saturated rings. The van der Waals surface area contributed by atoms with Crippen LogP contribution in [0.3, 0.4) is 0 Å². The van der Waals surface area contributed by atoms with Crippen LogP contribution in [-0.4, -0.2) is 0 Å². The first-order chi connectivity index (χ1) is 6.38. The minimum absolute atomic E-state index is 0.560. The first-order valence-corrected chi connectivity index (χ1v) is 6.66. The van der Waals surface area contributed by atoms with E-state index in [0.717, 1.165) is 0 Å². The first-order valence-electron chi connectivity index (χ1n) is 4.73. The fourth-order valence-corrected chi connectivity index (χ4v) is 2.57. The molecule has 0 saturated carbocycles. The van der Waals surface area contributed by atoms with Gasteiger partial charge in [-0.15, -0.1) is 11.7 Å². The molecule has 0 nitrogen and oxygen atoms in total. The van der Waals surface area contributed by atoms with E-state index in [9.17, 15) is 0 Å². The van der Waals surface area contributed by atoms with E-state index in [1.165, 1.54) is 24.8 Å². The molecular formula is C11H16S2. The third kappa shape index (κ3) is 3.65. The molecular weight excluding hydrogens is 196 g/mol. The smallest absolute Gasteiger partial charge is 0.0398 e. The number of unbranched alkanes of at least 4 members (excludes halogenated alkanes) is 1. The van der Waals surface area contributed by atoms with E-state index in [2.05, 4.69) is 48.9 Å². The predicted molar refractivity (Wildman–Crippen MR) is 65.3 cm³/mol. The third-order valence-electron chi connectivity index (χ3n) is 2.12. The molecule has 1 rings (SSSR count). The minimum atomic E-state index is 0.560. The molecule has 0 aliphatic carbocycles. The Balaban J connectivity index is 2.56. The number of rotatable bonds is 5. The van der Waals surface area contributed by atoms with Crippen LogP contribution in [0.5, 0.6) is 0 Å². The van der Waals surface area contributed by atoms with Gasteiger partial charge in [0.1, 0.15) is 0 Å². The standard InChI is InChI=1S/C11H16S2/c1-2-3-9-11(13-12)10-7-5-4-6-8-10/h4-8,11-12H,2-3,9H2,1H3. The van der Waals surface area contributed by atoms with Gasteiger partial charge in [-0.2, -0.15) is 0 Å². The lowest BCUT2D eigenvalue weighted by molar-refractivity contribution is 0.709. The number of thiol groups is 1. The Morgan fingerprint density at radius 2 is 2.00 bits per heavy atom. The number of hydrogen-bond acceptors (Lipinski definition) is 2. The van der Waals surface area contributed by atoms with Crippen molar-refractivity contribution in [2.45, 2.75) is 31.4 Å². The van der Waals surface area contributed by atoms with Gasteiger partial charge >= 0.3 is 0 Å². The Kier molecular flexibility index (Phi) is 5.40. The molecule has 0 heterocycles. The van der Waals surface area contributed by atoms with Crippen LogP contribution in [0.4, 0.5) is 0 Å². The molecule has 13 heavy (non-hydrogen) atoms. The van der Waals surface area contributed by atoms with E-state index in [1.54, 1.807) is 10.8 Å². The Morgan fingerprint density at radius 3 is 2.54 bits per heavy atom. The van der Waals surface area contributed by atoms with Crippen molar-refractivity contribution in [1.82, 2.24) is 0 Å². The van der Waals surface area contributed by atoms with Crippen LogP contribution >= 0.6 is 22.5 Å². The van der Waals surface area contributed by atoms with Gasteiger partial charge in [0.25, 0.3) is 0 Å². The van der Waals surface area contributed by atoms with Gasteiger partial charge in [0.15, 0.2) is 0 Å². The Labute approximate surface area is 89.9 Å². The second-order valence-electron chi connectivity index (χ2n) is 3.15. The highest BCUT2D eigenvalue weighted by atomic mass is 33.1. The molecule has 72 valence electrons. The van der Waals surface area contributed by atoms with Crippen molar-refractivity contribution in [3.63, 3.8) is 0 Å². The van der Waals surface area contributed by atoms with Gasteiger partial charge in [0.2, 0.25) is 0 Å². The third-order valence-corrected chi connectivity index (χ3v) is 3.64. The molecule has 0 spiro atoms. The lowest BCUT2D eigenvalue weighted by atomic mass is 10.1. The van der Waals surface area contributed by atoms with Crippen molar-refractivity contribution < 1.29 is 0 Å². The highest BCUT2D eigenvalue weighted by molar-refractivity contribution is 8.68. The van der Waals surface area contributed by atoms with Gasteiger partial charge in [-0.25, -0.2) is 0 Å². The summed E-state index contributed by atoms with van der Waals surface area (Å²) in [6.45, 7) is 2.23. The molecule has 0 radical (unpaired) electrons. The maximum atomic E-state index is 4.32. The summed E-state index contributed by atoms with van der Waals surface area (Å²) >= 11 is 4.32. The van der Waals surface area contributed by atoms with Crippen molar-refractivity contribution in [3.8, 4) is 0 Å². The zero-order chi connectivity index (χ0) is 9.52. The SMILES string of the molecule is CCCCC(SS)c1ccccc1. The summed E-state index contributed by atoms with van der Waals surface area (Å²) in [6.07, 6.45) is 3.78. The molecule has 0 amide bonds. The van der Waals surface area contributed by atoms with Crippen LogP contribution in [0.25, 0.3) is 0 Å². The highest BCUT2D eigenvalue weighted by Gasteiger charge is 2.08. The van der Waals surface area contributed by atoms with Crippen molar-refractivity contribution >= 4 is 22.5 Å². The Hall–Kier alpha value is -0.0800. The summed E-state index contributed by atoms with van der Waals surface area (Å²) in [7, 11) is 1.66. The summed E-state index contributed by atoms with van der Waals surface area (Å²) < 4.78 is 0. The van der Waals surface area contributed by atoms with E-state index >= 15 is 0 Å². The topological polar surface area (TPSA) is 0 Å². The monoisotopic (exact) mass is 212 g/mol. The summed E-state index contributed by atoms with van der Waals surface area (Å²) in [6, 6.07) is 10.6. The van der Waals surface area contributed by atoms with Gasteiger partial charge in [0.05, 0.1) is 0 Å². The maximum Gasteiger partial charge on any atom is 0.0398 e. The van der Waals surface area contributed by atoms with Crippen LogP contribution in [0.1, 0.15) is 37.0 Å². The molecule has 0 bridgehead atoms. The van der Waals surface area contributed by atoms with E-state index in [-0.39, 0.29) is 0 Å². The van der Waals surface area contributed by atoms with Crippen LogP contribution in [0.15, 0.2) is 30.3 Å². The molecule has 1 atom stereocenters. The zero-order valence-corrected chi connectivity index (χ0v) is 9.65. The van der Waals surface area contributed by atoms with Gasteiger partial charge < -0.3 is 0 Å². The first kappa shape index (κ1) is 11.0. The molecule has 2 heteroatoms. The lowest BCUT2D eigenvalue weighted by Crippen LogP contribution is -1.91. The lowest BCUT2D eigenvalue weighted by Gasteiger charge is -2.12. The highest BCUT2D eigenvalue weighted by Crippen LogP contribution is 2.35. The number of hydrogen-bond donors (Lipinski definition) is 1. The Morgan fingerprint density at radius 1 is 1.31 bits per heavy atom. The fourth-order valence-electron chi connectivity index (χ4n) is 1.34. The normalized spacial score (nSPS) is 12.8. The predicted octanol–water partition coefficient (Wildman–Crippen LogP) is 4.50. The van der Waals surface area contributed by atoms with E-state index < -0.39 is 0 Å². The molecule has 0 saturated heterocycles. The summed E-state index contributed by atoms with van der Waals surface area (Å²) in [5.41, 5.74) is 1.40. The molecule has 0 aliphatic rings. The van der Waals surface area contributed by atoms with Crippen LogP contribution in [0, 0.1) is 0 Å². The van der Waals surface area contributed by atoms with Crippen LogP contribution in [0.2, 0.25) is 0 Å². The van der Waals surface area contributed by atoms with Crippen molar-refractivity contribution in [1.29, 1.82) is 0 Å². The fraction of sp³-hybridized carbons (Fsp3) is 0.455. The summed E-state index contributed by atoms with van der Waals surface area (Å²) in [5.74, 6) is 0. The summed E-state index contributed by atoms with van der Waals surface area (Å²) in [5, 5.41) is 0.560. The van der Waals surface area contributed by atoms with Crippen LogP contribution < -0.4 is 0 Å². The molecule has 1 aromatic rings.